The molecule has 0 radical (unpaired) electrons. The number of nitrogens with zero attached hydrogens (tertiary/aromatic N) is 5. The third-order valence-electron chi connectivity index (χ3n) is 3.46. The van der Waals surface area contributed by atoms with E-state index in [1.54, 1.807) is 0 Å². The lowest BCUT2D eigenvalue weighted by atomic mass is 10.2. The van der Waals surface area contributed by atoms with Crippen molar-refractivity contribution in [2.75, 3.05) is 25.5 Å². The molecule has 1 fully saturated rings. The molecular weight excluding hydrogens is 336 g/mol. The first kappa shape index (κ1) is 16.4. The van der Waals surface area contributed by atoms with E-state index < -0.39 is 0 Å². The number of hydrogen-bond donors (Lipinski definition) is 1. The van der Waals surface area contributed by atoms with E-state index >= 15 is 0 Å². The van der Waals surface area contributed by atoms with Crippen LogP contribution in [0.5, 0.6) is 0 Å². The molecule has 124 valence electrons. The van der Waals surface area contributed by atoms with Crippen LogP contribution in [0.4, 0.5) is 5.13 Å². The highest BCUT2D eigenvalue weighted by Gasteiger charge is 2.22. The van der Waals surface area contributed by atoms with Crippen LogP contribution < -0.4 is 5.32 Å². The molecule has 1 aliphatic rings. The lowest BCUT2D eigenvalue weighted by molar-refractivity contribution is -0.117. The van der Waals surface area contributed by atoms with E-state index in [1.807, 2.05) is 18.9 Å². The van der Waals surface area contributed by atoms with Crippen LogP contribution in [0.3, 0.4) is 0 Å². The van der Waals surface area contributed by atoms with E-state index in [-0.39, 0.29) is 18.6 Å². The van der Waals surface area contributed by atoms with Crippen LogP contribution in [0.15, 0.2) is 0 Å². The Morgan fingerprint density at radius 2 is 2.30 bits per heavy atom. The molecule has 1 amide bonds. The van der Waals surface area contributed by atoms with Gasteiger partial charge in [0.1, 0.15) is 11.1 Å². The van der Waals surface area contributed by atoms with Crippen molar-refractivity contribution < 1.29 is 9.53 Å². The van der Waals surface area contributed by atoms with E-state index in [2.05, 4.69) is 25.1 Å². The minimum atomic E-state index is -0.113. The molecule has 0 spiro atoms. The zero-order valence-electron chi connectivity index (χ0n) is 13.0. The van der Waals surface area contributed by atoms with Gasteiger partial charge in [0.15, 0.2) is 0 Å². The quantitative estimate of drug-likeness (QED) is 0.842. The van der Waals surface area contributed by atoms with Gasteiger partial charge in [-0.15, -0.1) is 15.3 Å². The van der Waals surface area contributed by atoms with Gasteiger partial charge >= 0.3 is 0 Å². The van der Waals surface area contributed by atoms with Crippen LogP contribution in [0.25, 0.3) is 0 Å². The summed E-state index contributed by atoms with van der Waals surface area (Å²) in [5.74, 6) is -0.113. The minimum absolute atomic E-state index is 0.0302. The standard InChI is InChI=1S/C13H18N6O2S2/c1-8-10(23-18-15-8)6-19(2)7-11(20)14-13-17-16-12(22-13)9-4-3-5-21-9/h9H,3-7H2,1-2H3,(H,14,17,20)/t9-/m0/s1. The zero-order chi connectivity index (χ0) is 16.2. The lowest BCUT2D eigenvalue weighted by Crippen LogP contribution is -2.29. The summed E-state index contributed by atoms with van der Waals surface area (Å²) in [6.07, 6.45) is 2.04. The number of aromatic nitrogens is 4. The van der Waals surface area contributed by atoms with Gasteiger partial charge in [-0.05, 0) is 38.3 Å². The first-order valence-corrected chi connectivity index (χ1v) is 8.92. The molecule has 1 atom stereocenters. The fraction of sp³-hybridized carbons (Fsp3) is 0.615. The molecule has 1 saturated heterocycles. The van der Waals surface area contributed by atoms with Crippen molar-refractivity contribution in [2.24, 2.45) is 0 Å². The summed E-state index contributed by atoms with van der Waals surface area (Å²) in [4.78, 5) is 15.1. The van der Waals surface area contributed by atoms with Gasteiger partial charge in [-0.25, -0.2) is 0 Å². The number of hydrogen-bond acceptors (Lipinski definition) is 9. The van der Waals surface area contributed by atoms with Crippen molar-refractivity contribution in [1.29, 1.82) is 0 Å². The molecule has 0 saturated carbocycles. The number of carbonyl (C=O) groups is 1. The van der Waals surface area contributed by atoms with Crippen molar-refractivity contribution in [3.05, 3.63) is 15.6 Å². The Hall–Kier alpha value is -1.49. The highest BCUT2D eigenvalue weighted by Crippen LogP contribution is 2.31. The number of likely N-dealkylation sites (N-methyl/N-ethyl adjacent to an activating group) is 1. The average Bonchev–Trinajstić information content (AvgIpc) is 3.21. The lowest BCUT2D eigenvalue weighted by Gasteiger charge is -2.14. The van der Waals surface area contributed by atoms with Crippen molar-refractivity contribution in [3.8, 4) is 0 Å². The molecule has 0 aliphatic carbocycles. The summed E-state index contributed by atoms with van der Waals surface area (Å²) >= 11 is 2.74. The monoisotopic (exact) mass is 354 g/mol. The second-order valence-corrected chi connectivity index (χ2v) is 7.30. The Bertz CT molecular complexity index is 667. The Morgan fingerprint density at radius 1 is 1.43 bits per heavy atom. The number of carbonyl (C=O) groups excluding carboxylic acids is 1. The van der Waals surface area contributed by atoms with Gasteiger partial charge in [0.2, 0.25) is 11.0 Å². The van der Waals surface area contributed by atoms with E-state index in [9.17, 15) is 4.79 Å². The largest absolute Gasteiger partial charge is 0.371 e. The maximum absolute atomic E-state index is 12.1. The number of aryl methyl sites for hydroxylation is 1. The predicted molar refractivity (Wildman–Crippen MR) is 87.4 cm³/mol. The fourth-order valence-electron chi connectivity index (χ4n) is 2.29. The molecule has 3 rings (SSSR count). The Morgan fingerprint density at radius 3 is 3.00 bits per heavy atom. The minimum Gasteiger partial charge on any atom is -0.371 e. The maximum atomic E-state index is 12.1. The van der Waals surface area contributed by atoms with Crippen molar-refractivity contribution in [3.63, 3.8) is 0 Å². The molecule has 0 bridgehead atoms. The first-order valence-electron chi connectivity index (χ1n) is 7.33. The SMILES string of the molecule is Cc1nnsc1CN(C)CC(=O)Nc1nnc([C@@H]2CCCO2)s1. The highest BCUT2D eigenvalue weighted by molar-refractivity contribution is 7.15. The van der Waals surface area contributed by atoms with Gasteiger partial charge in [0.05, 0.1) is 17.1 Å². The van der Waals surface area contributed by atoms with E-state index in [0.29, 0.717) is 11.7 Å². The molecule has 0 unspecified atom stereocenters. The molecule has 8 nitrogen and oxygen atoms in total. The second kappa shape index (κ2) is 7.39. The van der Waals surface area contributed by atoms with Crippen molar-refractivity contribution >= 4 is 33.9 Å². The normalized spacial score (nSPS) is 17.8. The molecular formula is C13H18N6O2S2. The second-order valence-electron chi connectivity index (χ2n) is 5.45. The number of ether oxygens (including phenoxy) is 1. The summed E-state index contributed by atoms with van der Waals surface area (Å²) in [6, 6.07) is 0. The Balaban J connectivity index is 1.50. The Labute approximate surface area is 142 Å². The van der Waals surface area contributed by atoms with Crippen molar-refractivity contribution in [2.45, 2.75) is 32.4 Å². The van der Waals surface area contributed by atoms with Gasteiger partial charge < -0.3 is 4.74 Å². The van der Waals surface area contributed by atoms with Gasteiger partial charge in [-0.2, -0.15) is 0 Å². The molecule has 10 heteroatoms. The fourth-order valence-corrected chi connectivity index (χ4v) is 3.85. The smallest absolute Gasteiger partial charge is 0.240 e. The summed E-state index contributed by atoms with van der Waals surface area (Å²) in [5.41, 5.74) is 0.910. The maximum Gasteiger partial charge on any atom is 0.240 e. The molecule has 2 aromatic heterocycles. The van der Waals surface area contributed by atoms with Gasteiger partial charge in [0, 0.05) is 13.2 Å². The highest BCUT2D eigenvalue weighted by atomic mass is 32.1. The van der Waals surface area contributed by atoms with Crippen molar-refractivity contribution in [1.82, 2.24) is 24.7 Å². The topological polar surface area (TPSA) is 93.1 Å². The van der Waals surface area contributed by atoms with E-state index in [0.717, 1.165) is 35.0 Å². The molecule has 2 aromatic rings. The van der Waals surface area contributed by atoms with Crippen LogP contribution in [0, 0.1) is 6.92 Å². The molecule has 1 aliphatic heterocycles. The third-order valence-corrected chi connectivity index (χ3v) is 5.20. The van der Waals surface area contributed by atoms with Crippen LogP contribution in [-0.4, -0.2) is 50.8 Å². The zero-order valence-corrected chi connectivity index (χ0v) is 14.6. The summed E-state index contributed by atoms with van der Waals surface area (Å²) < 4.78 is 9.47. The number of amides is 1. The van der Waals surface area contributed by atoms with Crippen LogP contribution in [0.1, 0.15) is 34.5 Å². The van der Waals surface area contributed by atoms with Crippen LogP contribution in [0.2, 0.25) is 0 Å². The summed E-state index contributed by atoms with van der Waals surface area (Å²) in [7, 11) is 1.89. The van der Waals surface area contributed by atoms with E-state index in [4.69, 9.17) is 4.74 Å². The van der Waals surface area contributed by atoms with Crippen LogP contribution >= 0.6 is 22.9 Å². The van der Waals surface area contributed by atoms with Crippen LogP contribution in [-0.2, 0) is 16.1 Å². The van der Waals surface area contributed by atoms with E-state index in [1.165, 1.54) is 22.9 Å². The van der Waals surface area contributed by atoms with Gasteiger partial charge in [0.25, 0.3) is 0 Å². The molecule has 3 heterocycles. The molecule has 0 aromatic carbocycles. The van der Waals surface area contributed by atoms with Gasteiger partial charge in [-0.3, -0.25) is 15.0 Å². The first-order chi connectivity index (χ1) is 11.1. The predicted octanol–water partition coefficient (Wildman–Crippen LogP) is 1.62. The summed E-state index contributed by atoms with van der Waals surface area (Å²) in [6.45, 7) is 3.60. The molecule has 23 heavy (non-hydrogen) atoms. The average molecular weight is 354 g/mol. The number of nitrogens with one attached hydrogen (secondary N) is 1. The Kier molecular flexibility index (Phi) is 5.26. The third kappa shape index (κ3) is 4.28. The molecule has 1 N–H and O–H groups in total. The number of anilines is 1. The summed E-state index contributed by atoms with van der Waals surface area (Å²) in [5, 5.41) is 16.2. The number of rotatable bonds is 6. The van der Waals surface area contributed by atoms with Gasteiger partial charge in [-0.1, -0.05) is 15.8 Å².